The summed E-state index contributed by atoms with van der Waals surface area (Å²) in [4.78, 5) is 0.400. The van der Waals surface area contributed by atoms with Gasteiger partial charge in [-0.25, -0.2) is 0 Å². The molecule has 0 aliphatic rings. The molecule has 1 unspecified atom stereocenters. The van der Waals surface area contributed by atoms with E-state index in [-0.39, 0.29) is 5.75 Å². The standard InChI is InChI=1S/C10H12Br2O2/c1-14-10-5-7(2-3-9(10)13)4-8(12)6-11/h2-3,5,8,13H,4,6H2,1H3. The number of hydrogen-bond acceptors (Lipinski definition) is 2. The van der Waals surface area contributed by atoms with Gasteiger partial charge < -0.3 is 9.84 Å². The van der Waals surface area contributed by atoms with Gasteiger partial charge in [-0.1, -0.05) is 37.9 Å². The first-order chi connectivity index (χ1) is 6.67. The summed E-state index contributed by atoms with van der Waals surface area (Å²) in [5.74, 6) is 0.706. The van der Waals surface area contributed by atoms with Crippen LogP contribution in [-0.4, -0.2) is 22.4 Å². The number of halogens is 2. The van der Waals surface area contributed by atoms with Gasteiger partial charge in [0.05, 0.1) is 7.11 Å². The van der Waals surface area contributed by atoms with Crippen molar-refractivity contribution in [3.63, 3.8) is 0 Å². The second-order valence-corrected chi connectivity index (χ2v) is 4.90. The van der Waals surface area contributed by atoms with Crippen LogP contribution in [0, 0.1) is 0 Å². The van der Waals surface area contributed by atoms with E-state index < -0.39 is 0 Å². The largest absolute Gasteiger partial charge is 0.504 e. The number of phenols is 1. The number of methoxy groups -OCH3 is 1. The maximum absolute atomic E-state index is 9.38. The molecule has 0 heterocycles. The molecule has 0 saturated carbocycles. The lowest BCUT2D eigenvalue weighted by Gasteiger charge is -2.08. The Morgan fingerprint density at radius 2 is 2.21 bits per heavy atom. The first-order valence-electron chi connectivity index (χ1n) is 4.23. The molecule has 78 valence electrons. The molecule has 14 heavy (non-hydrogen) atoms. The van der Waals surface area contributed by atoms with Gasteiger partial charge in [0, 0.05) is 10.2 Å². The van der Waals surface area contributed by atoms with Crippen LogP contribution in [0.2, 0.25) is 0 Å². The summed E-state index contributed by atoms with van der Waals surface area (Å²) in [6, 6.07) is 5.41. The van der Waals surface area contributed by atoms with Crippen LogP contribution in [0.5, 0.6) is 11.5 Å². The van der Waals surface area contributed by atoms with Crippen molar-refractivity contribution in [1.29, 1.82) is 0 Å². The summed E-state index contributed by atoms with van der Waals surface area (Å²) in [5, 5.41) is 10.3. The molecule has 0 fully saturated rings. The Hall–Kier alpha value is -0.220. The molecule has 1 aromatic carbocycles. The lowest BCUT2D eigenvalue weighted by Crippen LogP contribution is -2.03. The van der Waals surface area contributed by atoms with E-state index in [4.69, 9.17) is 4.74 Å². The third-order valence-corrected chi connectivity index (χ3v) is 4.17. The molecule has 0 spiro atoms. The van der Waals surface area contributed by atoms with Crippen LogP contribution in [0.4, 0.5) is 0 Å². The fourth-order valence-electron chi connectivity index (χ4n) is 1.16. The lowest BCUT2D eigenvalue weighted by atomic mass is 10.1. The molecule has 0 aliphatic carbocycles. The van der Waals surface area contributed by atoms with Crippen molar-refractivity contribution in [2.45, 2.75) is 11.2 Å². The van der Waals surface area contributed by atoms with Crippen LogP contribution in [0.1, 0.15) is 5.56 Å². The maximum Gasteiger partial charge on any atom is 0.160 e. The van der Waals surface area contributed by atoms with Crippen molar-refractivity contribution in [3.05, 3.63) is 23.8 Å². The van der Waals surface area contributed by atoms with Gasteiger partial charge in [-0.15, -0.1) is 0 Å². The first kappa shape index (κ1) is 11.9. The second kappa shape index (κ2) is 5.61. The molecule has 0 aromatic heterocycles. The average molecular weight is 324 g/mol. The predicted octanol–water partition coefficient (Wildman–Crippen LogP) is 3.10. The molecule has 2 nitrogen and oxygen atoms in total. The van der Waals surface area contributed by atoms with Crippen LogP contribution < -0.4 is 4.74 Å². The molecule has 1 aromatic rings. The smallest absolute Gasteiger partial charge is 0.160 e. The number of rotatable bonds is 4. The van der Waals surface area contributed by atoms with Crippen LogP contribution in [0.25, 0.3) is 0 Å². The summed E-state index contributed by atoms with van der Waals surface area (Å²) < 4.78 is 5.02. The zero-order valence-corrected chi connectivity index (χ0v) is 11.0. The quantitative estimate of drug-likeness (QED) is 0.863. The highest BCUT2D eigenvalue weighted by molar-refractivity contribution is 9.12. The fraction of sp³-hybridized carbons (Fsp3) is 0.400. The van der Waals surface area contributed by atoms with Crippen molar-refractivity contribution in [2.24, 2.45) is 0 Å². The van der Waals surface area contributed by atoms with Crippen LogP contribution in [0.15, 0.2) is 18.2 Å². The van der Waals surface area contributed by atoms with Crippen molar-refractivity contribution in [3.8, 4) is 11.5 Å². The zero-order valence-electron chi connectivity index (χ0n) is 7.84. The fourth-order valence-corrected chi connectivity index (χ4v) is 1.76. The minimum absolute atomic E-state index is 0.182. The van der Waals surface area contributed by atoms with E-state index in [0.29, 0.717) is 10.6 Å². The highest BCUT2D eigenvalue weighted by Gasteiger charge is 2.06. The van der Waals surface area contributed by atoms with E-state index in [1.807, 2.05) is 12.1 Å². The van der Waals surface area contributed by atoms with Crippen molar-refractivity contribution in [1.82, 2.24) is 0 Å². The predicted molar refractivity (Wildman–Crippen MR) is 64.9 cm³/mol. The SMILES string of the molecule is COc1cc(CC(Br)CBr)ccc1O. The van der Waals surface area contributed by atoms with E-state index in [1.165, 1.54) is 0 Å². The van der Waals surface area contributed by atoms with Gasteiger partial charge in [0.25, 0.3) is 0 Å². The third-order valence-electron chi connectivity index (χ3n) is 1.87. The molecule has 1 N–H and O–H groups in total. The van der Waals surface area contributed by atoms with E-state index in [1.54, 1.807) is 13.2 Å². The molecular weight excluding hydrogens is 312 g/mol. The Labute approximate surface area is 101 Å². The van der Waals surface area contributed by atoms with Crippen LogP contribution >= 0.6 is 31.9 Å². The monoisotopic (exact) mass is 322 g/mol. The Morgan fingerprint density at radius 1 is 1.50 bits per heavy atom. The molecule has 4 heteroatoms. The number of aromatic hydroxyl groups is 1. The molecule has 1 atom stereocenters. The second-order valence-electron chi connectivity index (χ2n) is 2.96. The minimum atomic E-state index is 0.182. The highest BCUT2D eigenvalue weighted by atomic mass is 79.9. The van der Waals surface area contributed by atoms with Crippen LogP contribution in [-0.2, 0) is 6.42 Å². The average Bonchev–Trinajstić information content (AvgIpc) is 2.20. The van der Waals surface area contributed by atoms with E-state index in [0.717, 1.165) is 17.3 Å². The summed E-state index contributed by atoms with van der Waals surface area (Å²) in [6.45, 7) is 0. The van der Waals surface area contributed by atoms with Gasteiger partial charge in [0.15, 0.2) is 11.5 Å². The molecular formula is C10H12Br2O2. The topological polar surface area (TPSA) is 29.5 Å². The zero-order chi connectivity index (χ0) is 10.6. The minimum Gasteiger partial charge on any atom is -0.504 e. The molecule has 0 bridgehead atoms. The Bertz CT molecular complexity index is 302. The van der Waals surface area contributed by atoms with Gasteiger partial charge in [-0.05, 0) is 24.1 Å². The Morgan fingerprint density at radius 3 is 2.79 bits per heavy atom. The molecule has 1 rings (SSSR count). The summed E-state index contributed by atoms with van der Waals surface area (Å²) >= 11 is 6.92. The van der Waals surface area contributed by atoms with E-state index >= 15 is 0 Å². The van der Waals surface area contributed by atoms with Gasteiger partial charge in [0.1, 0.15) is 0 Å². The maximum atomic E-state index is 9.38. The van der Waals surface area contributed by atoms with Gasteiger partial charge in [0.2, 0.25) is 0 Å². The van der Waals surface area contributed by atoms with Crippen LogP contribution in [0.3, 0.4) is 0 Å². The summed E-state index contributed by atoms with van der Waals surface area (Å²) in [7, 11) is 1.55. The number of ether oxygens (including phenoxy) is 1. The molecule has 0 radical (unpaired) electrons. The Balaban J connectivity index is 2.79. The molecule has 0 aliphatic heterocycles. The lowest BCUT2D eigenvalue weighted by molar-refractivity contribution is 0.373. The summed E-state index contributed by atoms with van der Waals surface area (Å²) in [6.07, 6.45) is 0.905. The number of alkyl halides is 2. The van der Waals surface area contributed by atoms with Crippen molar-refractivity contribution < 1.29 is 9.84 Å². The van der Waals surface area contributed by atoms with Gasteiger partial charge in [-0.2, -0.15) is 0 Å². The Kier molecular flexibility index (Phi) is 4.75. The van der Waals surface area contributed by atoms with Gasteiger partial charge >= 0.3 is 0 Å². The normalized spacial score (nSPS) is 12.5. The first-order valence-corrected chi connectivity index (χ1v) is 6.27. The number of hydrogen-bond donors (Lipinski definition) is 1. The van der Waals surface area contributed by atoms with E-state index in [2.05, 4.69) is 31.9 Å². The van der Waals surface area contributed by atoms with Crippen molar-refractivity contribution >= 4 is 31.9 Å². The third kappa shape index (κ3) is 3.17. The summed E-state index contributed by atoms with van der Waals surface area (Å²) in [5.41, 5.74) is 1.14. The number of benzene rings is 1. The highest BCUT2D eigenvalue weighted by Crippen LogP contribution is 2.27. The molecule has 0 saturated heterocycles. The van der Waals surface area contributed by atoms with Gasteiger partial charge in [-0.3, -0.25) is 0 Å². The van der Waals surface area contributed by atoms with E-state index in [9.17, 15) is 5.11 Å². The molecule has 0 amide bonds. The van der Waals surface area contributed by atoms with Crippen molar-refractivity contribution in [2.75, 3.05) is 12.4 Å². The number of phenolic OH excluding ortho intramolecular Hbond substituents is 1.